The number of benzene rings is 1. The zero-order valence-electron chi connectivity index (χ0n) is 49.8. The Morgan fingerprint density at radius 1 is 0.301 bits per heavy atom. The maximum Gasteiger partial charge on any atom is 0.255 e. The summed E-state index contributed by atoms with van der Waals surface area (Å²) in [6.07, 6.45) is 73.2. The molecule has 0 bridgehead atoms. The first-order valence-electron chi connectivity index (χ1n) is 33.5. The number of carbonyl (C=O) groups is 2. The molecule has 0 aliphatic rings. The minimum Gasteiger partial charge on any atom is -0.493 e. The van der Waals surface area contributed by atoms with E-state index in [2.05, 4.69) is 31.4 Å². The van der Waals surface area contributed by atoms with Crippen LogP contribution in [-0.2, 0) is 0 Å². The van der Waals surface area contributed by atoms with Crippen molar-refractivity contribution < 1.29 is 14.3 Å². The van der Waals surface area contributed by atoms with Crippen LogP contribution in [0, 0.1) is 0 Å². The third-order valence-corrected chi connectivity index (χ3v) is 15.9. The fourth-order valence-corrected chi connectivity index (χ4v) is 10.8. The molecular formula is C68H128N2O3. The van der Waals surface area contributed by atoms with Crippen LogP contribution in [0.15, 0.2) is 18.2 Å². The Bertz CT molecular complexity index is 1280. The quantitative estimate of drug-likeness (QED) is 0.0639. The Balaban J connectivity index is 2.28. The first-order valence-corrected chi connectivity index (χ1v) is 33.5. The van der Waals surface area contributed by atoms with Gasteiger partial charge in [0.1, 0.15) is 5.75 Å². The molecule has 0 aliphatic heterocycles. The highest BCUT2D eigenvalue weighted by Crippen LogP contribution is 2.23. The molecule has 73 heavy (non-hydrogen) atoms. The van der Waals surface area contributed by atoms with Gasteiger partial charge in [-0.2, -0.15) is 0 Å². The van der Waals surface area contributed by atoms with Gasteiger partial charge in [0, 0.05) is 18.7 Å². The van der Waals surface area contributed by atoms with Crippen molar-refractivity contribution >= 4 is 11.8 Å². The van der Waals surface area contributed by atoms with Crippen LogP contribution in [0.4, 0.5) is 0 Å². The average Bonchev–Trinajstić information content (AvgIpc) is 3.40. The van der Waals surface area contributed by atoms with E-state index in [4.69, 9.17) is 4.74 Å². The van der Waals surface area contributed by atoms with Gasteiger partial charge in [0.05, 0.1) is 12.2 Å². The number of hydrogen-bond acceptors (Lipinski definition) is 3. The van der Waals surface area contributed by atoms with E-state index < -0.39 is 0 Å². The predicted molar refractivity (Wildman–Crippen MR) is 323 cm³/mol. The average molecular weight is 1020 g/mol. The number of ether oxygens (including phenoxy) is 1. The van der Waals surface area contributed by atoms with Gasteiger partial charge >= 0.3 is 0 Å². The van der Waals surface area contributed by atoms with Crippen LogP contribution in [0.3, 0.4) is 0 Å². The molecule has 2 N–H and O–H groups in total. The first kappa shape index (κ1) is 69.0. The molecule has 0 unspecified atom stereocenters. The Labute approximate surface area is 457 Å². The molecule has 0 radical (unpaired) electrons. The van der Waals surface area contributed by atoms with E-state index >= 15 is 0 Å². The SMILES string of the molecule is CCCCCCCCCCCCCCCCCCCCCCCNC(=O)c1ccc(C(=O)NCCCCCCCCCCCCCCCCCCCCCCC)c(OCCCCCCCCCCCCCC)c1. The summed E-state index contributed by atoms with van der Waals surface area (Å²) in [6, 6.07) is 5.41. The van der Waals surface area contributed by atoms with Gasteiger partial charge in [0.25, 0.3) is 11.8 Å². The van der Waals surface area contributed by atoms with Crippen molar-refractivity contribution in [2.45, 2.75) is 367 Å². The van der Waals surface area contributed by atoms with E-state index in [9.17, 15) is 9.59 Å². The molecular weight excluding hydrogens is 893 g/mol. The maximum atomic E-state index is 13.5. The minimum absolute atomic E-state index is 0.0741. The molecule has 2 amide bonds. The van der Waals surface area contributed by atoms with Gasteiger partial charge in [0.15, 0.2) is 0 Å². The largest absolute Gasteiger partial charge is 0.493 e. The summed E-state index contributed by atoms with van der Waals surface area (Å²) in [7, 11) is 0. The Hall–Kier alpha value is -2.04. The fraction of sp³-hybridized carbons (Fsp3) is 0.882. The van der Waals surface area contributed by atoms with Gasteiger partial charge in [-0.25, -0.2) is 0 Å². The first-order chi connectivity index (χ1) is 36.1. The van der Waals surface area contributed by atoms with Crippen molar-refractivity contribution in [2.75, 3.05) is 19.7 Å². The lowest BCUT2D eigenvalue weighted by Crippen LogP contribution is -2.26. The summed E-state index contributed by atoms with van der Waals surface area (Å²) in [4.78, 5) is 26.8. The number of carbonyl (C=O) groups excluding carboxylic acids is 2. The predicted octanol–water partition coefficient (Wildman–Crippen LogP) is 22.7. The van der Waals surface area contributed by atoms with Crippen molar-refractivity contribution in [1.29, 1.82) is 0 Å². The zero-order chi connectivity index (χ0) is 52.4. The summed E-state index contributed by atoms with van der Waals surface area (Å²) in [6.45, 7) is 8.82. The van der Waals surface area contributed by atoms with Crippen LogP contribution in [-0.4, -0.2) is 31.5 Å². The van der Waals surface area contributed by atoms with E-state index in [1.165, 1.54) is 308 Å². The van der Waals surface area contributed by atoms with Crippen LogP contribution in [0.5, 0.6) is 5.75 Å². The molecule has 0 atom stereocenters. The van der Waals surface area contributed by atoms with Crippen molar-refractivity contribution in [3.8, 4) is 5.75 Å². The second-order valence-corrected chi connectivity index (χ2v) is 23.1. The summed E-state index contributed by atoms with van der Waals surface area (Å²) in [5.74, 6) is 0.375. The van der Waals surface area contributed by atoms with Crippen LogP contribution in [0.25, 0.3) is 0 Å². The third-order valence-electron chi connectivity index (χ3n) is 15.9. The summed E-state index contributed by atoms with van der Waals surface area (Å²) in [5, 5.41) is 6.32. The lowest BCUT2D eigenvalue weighted by atomic mass is 10.0. The van der Waals surface area contributed by atoms with Crippen molar-refractivity contribution in [1.82, 2.24) is 10.6 Å². The zero-order valence-corrected chi connectivity index (χ0v) is 49.8. The number of amides is 2. The van der Waals surface area contributed by atoms with Crippen LogP contribution in [0.1, 0.15) is 388 Å². The molecule has 0 aliphatic carbocycles. The highest BCUT2D eigenvalue weighted by molar-refractivity contribution is 6.00. The smallest absolute Gasteiger partial charge is 0.255 e. The highest BCUT2D eigenvalue weighted by atomic mass is 16.5. The van der Waals surface area contributed by atoms with Crippen LogP contribution < -0.4 is 15.4 Å². The molecule has 0 aromatic heterocycles. The molecule has 0 fully saturated rings. The molecule has 1 aromatic rings. The van der Waals surface area contributed by atoms with E-state index in [1.807, 2.05) is 6.07 Å². The molecule has 0 saturated heterocycles. The van der Waals surface area contributed by atoms with E-state index in [0.717, 1.165) is 38.5 Å². The summed E-state index contributed by atoms with van der Waals surface area (Å²) in [5.41, 5.74) is 1.12. The maximum absolute atomic E-state index is 13.5. The van der Waals surface area contributed by atoms with Crippen LogP contribution >= 0.6 is 0 Å². The van der Waals surface area contributed by atoms with Gasteiger partial charge in [-0.1, -0.05) is 348 Å². The van der Waals surface area contributed by atoms with Gasteiger partial charge in [-0.3, -0.25) is 9.59 Å². The molecule has 5 nitrogen and oxygen atoms in total. The Morgan fingerprint density at radius 3 is 0.808 bits per heavy atom. The van der Waals surface area contributed by atoms with E-state index in [0.29, 0.717) is 36.6 Å². The van der Waals surface area contributed by atoms with Crippen molar-refractivity contribution in [2.24, 2.45) is 0 Å². The minimum atomic E-state index is -0.0931. The lowest BCUT2D eigenvalue weighted by molar-refractivity contribution is 0.0937. The second-order valence-electron chi connectivity index (χ2n) is 23.1. The molecule has 1 rings (SSSR count). The van der Waals surface area contributed by atoms with Gasteiger partial charge in [-0.15, -0.1) is 0 Å². The molecule has 0 spiro atoms. The molecule has 5 heteroatoms. The number of nitrogens with one attached hydrogen (secondary N) is 2. The standard InChI is InChI=1S/C68H128N2O3/c1-4-7-10-13-16-19-22-25-27-29-31-33-35-37-39-41-43-46-49-52-55-60-69-67(71)64-58-59-65(66(63-64)73-62-57-54-51-48-45-24-21-18-15-12-9-6-3)68(72)70-61-56-53-50-47-44-42-40-38-36-34-32-30-28-26-23-20-17-14-11-8-5-2/h58-59,63H,4-57,60-62H2,1-3H3,(H,69,71)(H,70,72). The Kier molecular flexibility index (Phi) is 54.5. The summed E-state index contributed by atoms with van der Waals surface area (Å²) >= 11 is 0. The lowest BCUT2D eigenvalue weighted by Gasteiger charge is -2.14. The highest BCUT2D eigenvalue weighted by Gasteiger charge is 2.16. The molecule has 0 heterocycles. The van der Waals surface area contributed by atoms with Crippen LogP contribution in [0.2, 0.25) is 0 Å². The molecule has 428 valence electrons. The Morgan fingerprint density at radius 2 is 0.534 bits per heavy atom. The van der Waals surface area contributed by atoms with Gasteiger partial charge in [-0.05, 0) is 37.5 Å². The fourth-order valence-electron chi connectivity index (χ4n) is 10.8. The van der Waals surface area contributed by atoms with E-state index in [1.54, 1.807) is 12.1 Å². The third kappa shape index (κ3) is 48.1. The van der Waals surface area contributed by atoms with Gasteiger partial charge in [0.2, 0.25) is 0 Å². The number of rotatable bonds is 60. The van der Waals surface area contributed by atoms with Crippen molar-refractivity contribution in [3.63, 3.8) is 0 Å². The molecule has 0 saturated carbocycles. The van der Waals surface area contributed by atoms with Gasteiger partial charge < -0.3 is 15.4 Å². The topological polar surface area (TPSA) is 67.4 Å². The number of unbranched alkanes of at least 4 members (excludes halogenated alkanes) is 51. The normalized spacial score (nSPS) is 11.4. The summed E-state index contributed by atoms with van der Waals surface area (Å²) < 4.78 is 6.30. The van der Waals surface area contributed by atoms with Crippen molar-refractivity contribution in [3.05, 3.63) is 29.3 Å². The molecule has 1 aromatic carbocycles. The number of hydrogen-bond donors (Lipinski definition) is 2. The monoisotopic (exact) mass is 1020 g/mol. The second kappa shape index (κ2) is 57.7. The van der Waals surface area contributed by atoms with E-state index in [-0.39, 0.29) is 11.8 Å².